The maximum absolute atomic E-state index is 13.1. The standard InChI is InChI=1S/C21H17ClN4O3/c1-11-14(15-19(22)23-10-24-20(15)25-11)17-16(18(29-26-17)13-7-8-13)21(27)28-9-12-5-3-2-4-6-12/h2-6,10,13H,7-9H2,1H3,(H,23,24,25). The van der Waals surface area contributed by atoms with Crippen LogP contribution in [0.3, 0.4) is 0 Å². The summed E-state index contributed by atoms with van der Waals surface area (Å²) in [6, 6.07) is 9.54. The minimum absolute atomic E-state index is 0.172. The van der Waals surface area contributed by atoms with Crippen molar-refractivity contribution in [3.63, 3.8) is 0 Å². The van der Waals surface area contributed by atoms with E-state index in [2.05, 4.69) is 20.1 Å². The van der Waals surface area contributed by atoms with Crippen LogP contribution in [0.15, 0.2) is 41.2 Å². The molecule has 146 valence electrons. The van der Waals surface area contributed by atoms with Gasteiger partial charge in [0, 0.05) is 17.2 Å². The number of esters is 1. The molecule has 3 heterocycles. The van der Waals surface area contributed by atoms with E-state index in [1.54, 1.807) is 0 Å². The second-order valence-electron chi connectivity index (χ2n) is 7.12. The number of hydrogen-bond acceptors (Lipinski definition) is 6. The van der Waals surface area contributed by atoms with E-state index in [4.69, 9.17) is 20.9 Å². The van der Waals surface area contributed by atoms with Crippen LogP contribution in [0.4, 0.5) is 0 Å². The lowest BCUT2D eigenvalue weighted by Gasteiger charge is -2.07. The van der Waals surface area contributed by atoms with Gasteiger partial charge in [0.05, 0.1) is 5.39 Å². The largest absolute Gasteiger partial charge is 0.457 e. The van der Waals surface area contributed by atoms with Crippen molar-refractivity contribution in [3.05, 3.63) is 64.4 Å². The van der Waals surface area contributed by atoms with Gasteiger partial charge in [-0.3, -0.25) is 0 Å². The van der Waals surface area contributed by atoms with Gasteiger partial charge >= 0.3 is 5.97 Å². The van der Waals surface area contributed by atoms with E-state index in [1.807, 2.05) is 37.3 Å². The third-order valence-electron chi connectivity index (χ3n) is 5.05. The summed E-state index contributed by atoms with van der Waals surface area (Å²) < 4.78 is 11.2. The van der Waals surface area contributed by atoms with Crippen molar-refractivity contribution in [2.75, 3.05) is 0 Å². The summed E-state index contributed by atoms with van der Waals surface area (Å²) in [7, 11) is 0. The van der Waals surface area contributed by atoms with Crippen LogP contribution in [-0.2, 0) is 11.3 Å². The van der Waals surface area contributed by atoms with Gasteiger partial charge in [-0.05, 0) is 25.3 Å². The van der Waals surface area contributed by atoms with Crippen molar-refractivity contribution in [2.45, 2.75) is 32.3 Å². The third-order valence-corrected chi connectivity index (χ3v) is 5.34. The van der Waals surface area contributed by atoms with Crippen molar-refractivity contribution in [1.29, 1.82) is 0 Å². The first kappa shape index (κ1) is 17.9. The molecule has 1 fully saturated rings. The van der Waals surface area contributed by atoms with Crippen molar-refractivity contribution in [2.24, 2.45) is 0 Å². The number of carbonyl (C=O) groups is 1. The molecule has 4 aromatic rings. The predicted octanol–water partition coefficient (Wildman–Crippen LogP) is 4.81. The van der Waals surface area contributed by atoms with Gasteiger partial charge in [0.15, 0.2) is 5.76 Å². The lowest BCUT2D eigenvalue weighted by atomic mass is 10.0. The number of fused-ring (bicyclic) bond motifs is 1. The first-order valence-corrected chi connectivity index (χ1v) is 9.71. The minimum Gasteiger partial charge on any atom is -0.457 e. The first-order valence-electron chi connectivity index (χ1n) is 9.33. The highest BCUT2D eigenvalue weighted by molar-refractivity contribution is 6.35. The molecule has 1 aromatic carbocycles. The predicted molar refractivity (Wildman–Crippen MR) is 107 cm³/mol. The number of H-pyrrole nitrogens is 1. The van der Waals surface area contributed by atoms with Gasteiger partial charge in [0.1, 0.15) is 35.0 Å². The summed E-state index contributed by atoms with van der Waals surface area (Å²) in [4.78, 5) is 24.6. The fraction of sp³-hybridized carbons (Fsp3) is 0.238. The summed E-state index contributed by atoms with van der Waals surface area (Å²) in [6.07, 6.45) is 3.31. The number of benzene rings is 1. The fourth-order valence-corrected chi connectivity index (χ4v) is 3.72. The molecule has 0 atom stereocenters. The molecule has 0 bridgehead atoms. The van der Waals surface area contributed by atoms with E-state index in [9.17, 15) is 4.79 Å². The second kappa shape index (κ2) is 7.00. The monoisotopic (exact) mass is 408 g/mol. The highest BCUT2D eigenvalue weighted by Gasteiger charge is 2.37. The van der Waals surface area contributed by atoms with E-state index in [1.165, 1.54) is 6.33 Å². The number of carbonyl (C=O) groups excluding carboxylic acids is 1. The Morgan fingerprint density at radius 2 is 2.07 bits per heavy atom. The van der Waals surface area contributed by atoms with Gasteiger partial charge in [0.2, 0.25) is 0 Å². The maximum Gasteiger partial charge on any atom is 0.344 e. The Kier molecular flexibility index (Phi) is 4.32. The Labute approximate surface area is 171 Å². The molecule has 1 N–H and O–H groups in total. The zero-order valence-corrected chi connectivity index (χ0v) is 16.4. The molecule has 1 aliphatic carbocycles. The number of aryl methyl sites for hydroxylation is 1. The smallest absolute Gasteiger partial charge is 0.344 e. The minimum atomic E-state index is -0.464. The summed E-state index contributed by atoms with van der Waals surface area (Å²) in [5.74, 6) is 0.293. The molecule has 0 aliphatic heterocycles. The normalized spacial score (nSPS) is 13.7. The van der Waals surface area contributed by atoms with E-state index in [-0.39, 0.29) is 17.7 Å². The molecule has 0 amide bonds. The molecule has 0 radical (unpaired) electrons. The van der Waals surface area contributed by atoms with Crippen LogP contribution in [0, 0.1) is 6.92 Å². The van der Waals surface area contributed by atoms with Gasteiger partial charge in [-0.25, -0.2) is 14.8 Å². The van der Waals surface area contributed by atoms with Crippen LogP contribution < -0.4 is 0 Å². The molecule has 8 heteroatoms. The van der Waals surface area contributed by atoms with Gasteiger partial charge in [-0.2, -0.15) is 0 Å². The quantitative estimate of drug-likeness (QED) is 0.376. The van der Waals surface area contributed by atoms with Crippen LogP contribution in [-0.4, -0.2) is 26.1 Å². The first-order chi connectivity index (χ1) is 14.1. The second-order valence-corrected chi connectivity index (χ2v) is 7.48. The molecule has 1 saturated carbocycles. The SMILES string of the molecule is Cc1[nH]c2ncnc(Cl)c2c1-c1noc(C2CC2)c1C(=O)OCc1ccccc1. The number of hydrogen-bond donors (Lipinski definition) is 1. The van der Waals surface area contributed by atoms with E-state index < -0.39 is 5.97 Å². The van der Waals surface area contributed by atoms with Crippen molar-refractivity contribution in [1.82, 2.24) is 20.1 Å². The molecule has 0 saturated heterocycles. The summed E-state index contributed by atoms with van der Waals surface area (Å²) in [6.45, 7) is 2.04. The molecule has 0 unspecified atom stereocenters. The Balaban J connectivity index is 1.59. The summed E-state index contributed by atoms with van der Waals surface area (Å²) >= 11 is 6.33. The molecule has 29 heavy (non-hydrogen) atoms. The lowest BCUT2D eigenvalue weighted by Crippen LogP contribution is -2.08. The Morgan fingerprint density at radius 3 is 2.83 bits per heavy atom. The van der Waals surface area contributed by atoms with Crippen molar-refractivity contribution in [3.8, 4) is 11.3 Å². The molecule has 3 aromatic heterocycles. The summed E-state index contributed by atoms with van der Waals surface area (Å²) in [5.41, 5.74) is 3.68. The number of aromatic amines is 1. The summed E-state index contributed by atoms with van der Waals surface area (Å²) in [5, 5.41) is 5.13. The van der Waals surface area contributed by atoms with E-state index in [0.717, 1.165) is 24.1 Å². The molecule has 1 aliphatic rings. The zero-order chi connectivity index (χ0) is 20.0. The number of rotatable bonds is 5. The number of ether oxygens (including phenoxy) is 1. The van der Waals surface area contributed by atoms with Gasteiger partial charge in [-0.1, -0.05) is 47.1 Å². The molecule has 7 nitrogen and oxygen atoms in total. The van der Waals surface area contributed by atoms with Crippen LogP contribution in [0.25, 0.3) is 22.3 Å². The molecule has 0 spiro atoms. The third kappa shape index (κ3) is 3.17. The topological polar surface area (TPSA) is 93.9 Å². The fourth-order valence-electron chi connectivity index (χ4n) is 3.49. The Hall–Kier alpha value is -3.19. The van der Waals surface area contributed by atoms with Gasteiger partial charge in [-0.15, -0.1) is 0 Å². The number of nitrogens with zero attached hydrogens (tertiary/aromatic N) is 3. The van der Waals surface area contributed by atoms with Crippen LogP contribution in [0.1, 0.15) is 46.1 Å². The average molecular weight is 409 g/mol. The number of halogens is 1. The highest BCUT2D eigenvalue weighted by Crippen LogP contribution is 2.45. The number of aromatic nitrogens is 4. The molecular weight excluding hydrogens is 392 g/mol. The Morgan fingerprint density at radius 1 is 1.28 bits per heavy atom. The average Bonchev–Trinajstić information content (AvgIpc) is 3.38. The van der Waals surface area contributed by atoms with Gasteiger partial charge < -0.3 is 14.2 Å². The van der Waals surface area contributed by atoms with Crippen LogP contribution in [0.5, 0.6) is 0 Å². The molecule has 5 rings (SSSR count). The van der Waals surface area contributed by atoms with E-state index >= 15 is 0 Å². The van der Waals surface area contributed by atoms with E-state index in [0.29, 0.717) is 33.6 Å². The van der Waals surface area contributed by atoms with Gasteiger partial charge in [0.25, 0.3) is 0 Å². The molecular formula is C21H17ClN4O3. The van der Waals surface area contributed by atoms with Crippen LogP contribution >= 0.6 is 11.6 Å². The number of nitrogens with one attached hydrogen (secondary N) is 1. The Bertz CT molecular complexity index is 1210. The van der Waals surface area contributed by atoms with Crippen molar-refractivity contribution >= 4 is 28.6 Å². The maximum atomic E-state index is 13.1. The highest BCUT2D eigenvalue weighted by atomic mass is 35.5. The van der Waals surface area contributed by atoms with Crippen LogP contribution in [0.2, 0.25) is 5.15 Å². The zero-order valence-electron chi connectivity index (χ0n) is 15.6. The lowest BCUT2D eigenvalue weighted by molar-refractivity contribution is 0.0471. The van der Waals surface area contributed by atoms with Crippen molar-refractivity contribution < 1.29 is 14.1 Å².